The monoisotopic (exact) mass is 314 g/mol. The summed E-state index contributed by atoms with van der Waals surface area (Å²) in [6.45, 7) is 5.71. The maximum atomic E-state index is 13.6. The Morgan fingerprint density at radius 3 is 2.89 bits per heavy atom. The third kappa shape index (κ3) is 3.92. The van der Waals surface area contributed by atoms with Crippen LogP contribution in [0.15, 0.2) is 35.3 Å². The van der Waals surface area contributed by atoms with E-state index in [2.05, 4.69) is 22.5 Å². The molecule has 0 bridgehead atoms. The lowest BCUT2D eigenvalue weighted by Gasteiger charge is -2.23. The Morgan fingerprint density at radius 1 is 1.67 bits per heavy atom. The van der Waals surface area contributed by atoms with Crippen molar-refractivity contribution in [1.82, 2.24) is 4.90 Å². The Hall–Kier alpha value is -1.20. The second-order valence-electron chi connectivity index (χ2n) is 4.03. The summed E-state index contributed by atoms with van der Waals surface area (Å²) < 4.78 is 14.4. The van der Waals surface area contributed by atoms with Crippen LogP contribution in [0.1, 0.15) is 12.5 Å². The minimum atomic E-state index is -0.611. The topological polar surface area (TPSA) is 46.3 Å². The average Bonchev–Trinajstić information content (AvgIpc) is 2.32. The minimum Gasteiger partial charge on any atom is -0.333 e. The number of hydrogen-bond donors (Lipinski definition) is 1. The van der Waals surface area contributed by atoms with Crippen molar-refractivity contribution in [2.75, 3.05) is 6.54 Å². The summed E-state index contributed by atoms with van der Waals surface area (Å²) in [5, 5.41) is 0. The zero-order chi connectivity index (χ0) is 13.7. The fourth-order valence-electron chi connectivity index (χ4n) is 1.55. The normalized spacial score (nSPS) is 12.0. The smallest absolute Gasteiger partial charge is 0.239 e. The number of carbonyl (C=O) groups excluding carboxylic acids is 1. The van der Waals surface area contributed by atoms with Crippen LogP contribution in [0.3, 0.4) is 0 Å². The molecule has 0 aliphatic heterocycles. The van der Waals surface area contributed by atoms with Gasteiger partial charge in [0.15, 0.2) is 0 Å². The molecule has 3 nitrogen and oxygen atoms in total. The summed E-state index contributed by atoms with van der Waals surface area (Å²) in [5.74, 6) is -0.570. The molecule has 0 aromatic heterocycles. The van der Waals surface area contributed by atoms with Crippen molar-refractivity contribution in [2.24, 2.45) is 5.73 Å². The first-order valence-corrected chi connectivity index (χ1v) is 6.34. The summed E-state index contributed by atoms with van der Waals surface area (Å²) >= 11 is 3.28. The number of rotatable bonds is 5. The zero-order valence-electron chi connectivity index (χ0n) is 10.2. The van der Waals surface area contributed by atoms with Gasteiger partial charge >= 0.3 is 0 Å². The average molecular weight is 315 g/mol. The lowest BCUT2D eigenvalue weighted by molar-refractivity contribution is -0.132. The first-order valence-electron chi connectivity index (χ1n) is 5.55. The van der Waals surface area contributed by atoms with Crippen LogP contribution in [-0.2, 0) is 11.3 Å². The van der Waals surface area contributed by atoms with Crippen LogP contribution in [0.2, 0.25) is 0 Å². The third-order valence-electron chi connectivity index (χ3n) is 2.42. The molecule has 2 N–H and O–H groups in total. The van der Waals surface area contributed by atoms with Crippen molar-refractivity contribution < 1.29 is 9.18 Å². The molecule has 1 aromatic carbocycles. The molecule has 1 aromatic rings. The van der Waals surface area contributed by atoms with Crippen LogP contribution in [-0.4, -0.2) is 23.4 Å². The minimum absolute atomic E-state index is 0.178. The van der Waals surface area contributed by atoms with Crippen molar-refractivity contribution in [2.45, 2.75) is 19.5 Å². The Balaban J connectivity index is 2.92. The summed E-state index contributed by atoms with van der Waals surface area (Å²) in [7, 11) is 0. The molecule has 1 rings (SSSR count). The molecule has 0 unspecified atom stereocenters. The molecule has 0 aliphatic carbocycles. The van der Waals surface area contributed by atoms with Crippen LogP contribution in [0.25, 0.3) is 0 Å². The van der Waals surface area contributed by atoms with Crippen molar-refractivity contribution in [3.8, 4) is 0 Å². The van der Waals surface area contributed by atoms with E-state index in [9.17, 15) is 9.18 Å². The molecular formula is C13H16BrFN2O. The SMILES string of the molecule is C=CCN(Cc1cc(Br)ccc1F)C(=O)[C@@H](C)N. The predicted molar refractivity (Wildman–Crippen MR) is 73.4 cm³/mol. The molecule has 0 aliphatic rings. The standard InChI is InChI=1S/C13H16BrFN2O/c1-3-6-17(13(18)9(2)16)8-10-7-11(14)4-5-12(10)15/h3-5,7,9H,1,6,8,16H2,2H3/t9-/m1/s1. The van der Waals surface area contributed by atoms with Crippen LogP contribution in [0, 0.1) is 5.82 Å². The Bertz CT molecular complexity index is 449. The van der Waals surface area contributed by atoms with Crippen molar-refractivity contribution in [3.63, 3.8) is 0 Å². The second kappa shape index (κ2) is 6.66. The Labute approximate surface area is 115 Å². The van der Waals surface area contributed by atoms with E-state index in [0.717, 1.165) is 4.47 Å². The number of hydrogen-bond acceptors (Lipinski definition) is 2. The van der Waals surface area contributed by atoms with E-state index < -0.39 is 6.04 Å². The molecule has 1 amide bonds. The molecule has 0 saturated heterocycles. The molecule has 0 saturated carbocycles. The van der Waals surface area contributed by atoms with Gasteiger partial charge in [-0.1, -0.05) is 22.0 Å². The van der Waals surface area contributed by atoms with E-state index >= 15 is 0 Å². The van der Waals surface area contributed by atoms with Gasteiger partial charge in [0.1, 0.15) is 5.82 Å². The number of nitrogens with zero attached hydrogens (tertiary/aromatic N) is 1. The van der Waals surface area contributed by atoms with Gasteiger partial charge < -0.3 is 10.6 Å². The molecule has 5 heteroatoms. The van der Waals surface area contributed by atoms with Gasteiger partial charge in [0.05, 0.1) is 6.04 Å². The van der Waals surface area contributed by atoms with Crippen LogP contribution < -0.4 is 5.73 Å². The van der Waals surface area contributed by atoms with Crippen molar-refractivity contribution in [1.29, 1.82) is 0 Å². The molecule has 0 radical (unpaired) electrons. The largest absolute Gasteiger partial charge is 0.333 e. The first kappa shape index (κ1) is 14.9. The van der Waals surface area contributed by atoms with Gasteiger partial charge in [-0.25, -0.2) is 4.39 Å². The predicted octanol–water partition coefficient (Wildman–Crippen LogP) is 2.45. The number of benzene rings is 1. The molecule has 18 heavy (non-hydrogen) atoms. The summed E-state index contributed by atoms with van der Waals surface area (Å²) in [4.78, 5) is 13.3. The molecule has 98 valence electrons. The quantitative estimate of drug-likeness (QED) is 0.849. The van der Waals surface area contributed by atoms with E-state index in [0.29, 0.717) is 12.1 Å². The van der Waals surface area contributed by atoms with Gasteiger partial charge in [0.2, 0.25) is 5.91 Å². The van der Waals surface area contributed by atoms with Gasteiger partial charge in [-0.2, -0.15) is 0 Å². The van der Waals surface area contributed by atoms with E-state index in [4.69, 9.17) is 5.73 Å². The maximum absolute atomic E-state index is 13.6. The van der Waals surface area contributed by atoms with Crippen LogP contribution >= 0.6 is 15.9 Å². The molecule has 1 atom stereocenters. The molecule has 0 spiro atoms. The highest BCUT2D eigenvalue weighted by atomic mass is 79.9. The Morgan fingerprint density at radius 2 is 2.33 bits per heavy atom. The summed E-state index contributed by atoms with van der Waals surface area (Å²) in [5.41, 5.74) is 6.00. The molecule has 0 fully saturated rings. The van der Waals surface area contributed by atoms with Crippen LogP contribution in [0.5, 0.6) is 0 Å². The second-order valence-corrected chi connectivity index (χ2v) is 4.95. The number of amides is 1. The van der Waals surface area contributed by atoms with Crippen molar-refractivity contribution in [3.05, 3.63) is 46.7 Å². The Kier molecular flexibility index (Phi) is 5.50. The van der Waals surface area contributed by atoms with Crippen molar-refractivity contribution >= 4 is 21.8 Å². The number of nitrogens with two attached hydrogens (primary N) is 1. The van der Waals surface area contributed by atoms with Crippen LogP contribution in [0.4, 0.5) is 4.39 Å². The fraction of sp³-hybridized carbons (Fsp3) is 0.308. The van der Waals surface area contributed by atoms with Gasteiger partial charge in [0, 0.05) is 23.1 Å². The van der Waals surface area contributed by atoms with Gasteiger partial charge in [-0.15, -0.1) is 6.58 Å². The first-order chi connectivity index (χ1) is 8.45. The lowest BCUT2D eigenvalue weighted by Crippen LogP contribution is -2.41. The highest BCUT2D eigenvalue weighted by molar-refractivity contribution is 9.10. The highest BCUT2D eigenvalue weighted by Gasteiger charge is 2.18. The maximum Gasteiger partial charge on any atom is 0.239 e. The molecule has 0 heterocycles. The summed E-state index contributed by atoms with van der Waals surface area (Å²) in [6, 6.07) is 4.02. The van der Waals surface area contributed by atoms with E-state index in [-0.39, 0.29) is 18.3 Å². The third-order valence-corrected chi connectivity index (χ3v) is 2.91. The fourth-order valence-corrected chi connectivity index (χ4v) is 1.95. The van der Waals surface area contributed by atoms with E-state index in [1.165, 1.54) is 11.0 Å². The zero-order valence-corrected chi connectivity index (χ0v) is 11.8. The van der Waals surface area contributed by atoms with E-state index in [1.807, 2.05) is 0 Å². The van der Waals surface area contributed by atoms with Gasteiger partial charge in [-0.05, 0) is 25.1 Å². The lowest BCUT2D eigenvalue weighted by atomic mass is 10.2. The highest BCUT2D eigenvalue weighted by Crippen LogP contribution is 2.17. The van der Waals surface area contributed by atoms with Gasteiger partial charge in [0.25, 0.3) is 0 Å². The molecular weight excluding hydrogens is 299 g/mol. The number of halogens is 2. The van der Waals surface area contributed by atoms with E-state index in [1.54, 1.807) is 25.1 Å². The number of carbonyl (C=O) groups is 1. The summed E-state index contributed by atoms with van der Waals surface area (Å²) in [6.07, 6.45) is 1.59. The van der Waals surface area contributed by atoms with Gasteiger partial charge in [-0.3, -0.25) is 4.79 Å².